The molecule has 2 atom stereocenters. The molecule has 4 heteroatoms. The highest BCUT2D eigenvalue weighted by molar-refractivity contribution is 5.85. The molecule has 1 aliphatic heterocycles. The molecule has 1 aromatic carbocycles. The lowest BCUT2D eigenvalue weighted by atomic mass is 9.94. The van der Waals surface area contributed by atoms with Crippen LogP contribution in [0.3, 0.4) is 0 Å². The maximum absolute atomic E-state index is 5.55. The summed E-state index contributed by atoms with van der Waals surface area (Å²) in [6, 6.07) is 5.85. The third-order valence-corrected chi connectivity index (χ3v) is 4.72. The van der Waals surface area contributed by atoms with Gasteiger partial charge in [0.15, 0.2) is 0 Å². The van der Waals surface area contributed by atoms with Gasteiger partial charge in [0.05, 0.1) is 20.3 Å². The SMILES string of the molecule is COc1cc(/C=C/C=C/CCCC2=NC[C@H](C)C(OC)C2)cc(OC)c1. The van der Waals surface area contributed by atoms with Crippen molar-refractivity contribution in [3.8, 4) is 11.5 Å². The first-order chi connectivity index (χ1) is 12.7. The molecule has 0 bridgehead atoms. The molecule has 0 saturated carbocycles. The van der Waals surface area contributed by atoms with E-state index in [-0.39, 0.29) is 0 Å². The van der Waals surface area contributed by atoms with Gasteiger partial charge in [-0.25, -0.2) is 0 Å². The molecule has 0 saturated heterocycles. The molecule has 142 valence electrons. The van der Waals surface area contributed by atoms with Gasteiger partial charge in [0, 0.05) is 37.8 Å². The summed E-state index contributed by atoms with van der Waals surface area (Å²) in [7, 11) is 5.12. The number of methoxy groups -OCH3 is 3. The lowest BCUT2D eigenvalue weighted by molar-refractivity contribution is 0.0631. The Morgan fingerprint density at radius 2 is 1.81 bits per heavy atom. The van der Waals surface area contributed by atoms with Crippen LogP contribution in [0.4, 0.5) is 0 Å². The van der Waals surface area contributed by atoms with Gasteiger partial charge in [0.2, 0.25) is 0 Å². The van der Waals surface area contributed by atoms with Crippen LogP contribution in [-0.2, 0) is 4.74 Å². The maximum atomic E-state index is 5.55. The van der Waals surface area contributed by atoms with Crippen LogP contribution < -0.4 is 9.47 Å². The minimum atomic E-state index is 0.334. The van der Waals surface area contributed by atoms with Gasteiger partial charge in [-0.15, -0.1) is 0 Å². The summed E-state index contributed by atoms with van der Waals surface area (Å²) in [5.74, 6) is 2.12. The van der Waals surface area contributed by atoms with Crippen LogP contribution in [0.2, 0.25) is 0 Å². The van der Waals surface area contributed by atoms with Crippen molar-refractivity contribution in [2.24, 2.45) is 10.9 Å². The molecular formula is C22H31NO3. The second-order valence-corrected chi connectivity index (χ2v) is 6.69. The maximum Gasteiger partial charge on any atom is 0.123 e. The van der Waals surface area contributed by atoms with Gasteiger partial charge in [0.1, 0.15) is 11.5 Å². The molecule has 26 heavy (non-hydrogen) atoms. The molecule has 0 amide bonds. The molecule has 1 aliphatic rings. The number of benzene rings is 1. The smallest absolute Gasteiger partial charge is 0.123 e. The van der Waals surface area contributed by atoms with Crippen LogP contribution in [0.25, 0.3) is 6.08 Å². The molecule has 4 nitrogen and oxygen atoms in total. The Labute approximate surface area is 157 Å². The molecule has 1 aromatic rings. The number of allylic oxidation sites excluding steroid dienone is 3. The van der Waals surface area contributed by atoms with E-state index in [1.807, 2.05) is 18.2 Å². The van der Waals surface area contributed by atoms with Crippen molar-refractivity contribution in [1.29, 1.82) is 0 Å². The van der Waals surface area contributed by atoms with Gasteiger partial charge < -0.3 is 14.2 Å². The number of hydrogen-bond acceptors (Lipinski definition) is 4. The Hall–Kier alpha value is -2.07. The van der Waals surface area contributed by atoms with Crippen molar-refractivity contribution in [3.05, 3.63) is 42.0 Å². The van der Waals surface area contributed by atoms with E-state index in [1.54, 1.807) is 21.3 Å². The number of aliphatic imine (C=N–C) groups is 1. The van der Waals surface area contributed by atoms with Crippen LogP contribution in [0.1, 0.15) is 38.2 Å². The van der Waals surface area contributed by atoms with E-state index in [0.29, 0.717) is 12.0 Å². The number of ether oxygens (including phenoxy) is 3. The van der Waals surface area contributed by atoms with E-state index in [2.05, 4.69) is 36.2 Å². The number of unbranched alkanes of at least 4 members (excludes halogenated alkanes) is 1. The van der Waals surface area contributed by atoms with Crippen LogP contribution in [0.15, 0.2) is 41.4 Å². The average molecular weight is 357 g/mol. The van der Waals surface area contributed by atoms with E-state index in [4.69, 9.17) is 14.2 Å². The zero-order valence-corrected chi connectivity index (χ0v) is 16.4. The molecular weight excluding hydrogens is 326 g/mol. The molecule has 0 aliphatic carbocycles. The quantitative estimate of drug-likeness (QED) is 0.464. The van der Waals surface area contributed by atoms with Gasteiger partial charge in [0.25, 0.3) is 0 Å². The van der Waals surface area contributed by atoms with Crippen LogP contribution >= 0.6 is 0 Å². The lowest BCUT2D eigenvalue weighted by Gasteiger charge is -2.26. The largest absolute Gasteiger partial charge is 0.497 e. The Balaban J connectivity index is 1.75. The summed E-state index contributed by atoms with van der Waals surface area (Å²) in [6.07, 6.45) is 13.0. The minimum Gasteiger partial charge on any atom is -0.497 e. The van der Waals surface area contributed by atoms with E-state index < -0.39 is 0 Å². The fourth-order valence-corrected chi connectivity index (χ4v) is 3.08. The van der Waals surface area contributed by atoms with Crippen molar-refractivity contribution in [2.45, 2.75) is 38.7 Å². The molecule has 1 heterocycles. The standard InChI is InChI=1S/C22H31NO3/c1-17-16-23-19(14-22(17)26-4)11-9-7-5-6-8-10-18-12-20(24-2)15-21(13-18)25-3/h5-6,8,10,12-13,15,17,22H,7,9,11,14,16H2,1-4H3/b6-5+,10-8+/t17-,22?/m0/s1. The predicted molar refractivity (Wildman–Crippen MR) is 108 cm³/mol. The predicted octanol–water partition coefficient (Wildman–Crippen LogP) is 4.94. The average Bonchev–Trinajstić information content (AvgIpc) is 2.68. The Kier molecular flexibility index (Phi) is 8.42. The first-order valence-electron chi connectivity index (χ1n) is 9.27. The molecule has 1 unspecified atom stereocenters. The molecule has 0 aromatic heterocycles. The Bertz CT molecular complexity index is 627. The van der Waals surface area contributed by atoms with Crippen molar-refractivity contribution in [2.75, 3.05) is 27.9 Å². The summed E-state index contributed by atoms with van der Waals surface area (Å²) >= 11 is 0. The third-order valence-electron chi connectivity index (χ3n) is 4.72. The summed E-state index contributed by atoms with van der Waals surface area (Å²) < 4.78 is 16.1. The monoisotopic (exact) mass is 357 g/mol. The van der Waals surface area contributed by atoms with Gasteiger partial charge in [-0.2, -0.15) is 0 Å². The highest BCUT2D eigenvalue weighted by Gasteiger charge is 2.22. The van der Waals surface area contributed by atoms with Crippen LogP contribution in [0.5, 0.6) is 11.5 Å². The summed E-state index contributed by atoms with van der Waals surface area (Å²) in [5, 5.41) is 0. The van der Waals surface area contributed by atoms with Crippen molar-refractivity contribution < 1.29 is 14.2 Å². The first kappa shape index (κ1) is 20.2. The van der Waals surface area contributed by atoms with E-state index in [9.17, 15) is 0 Å². The molecule has 2 rings (SSSR count). The Morgan fingerprint density at radius 3 is 2.46 bits per heavy atom. The number of hydrogen-bond donors (Lipinski definition) is 0. The van der Waals surface area contributed by atoms with Crippen LogP contribution in [-0.4, -0.2) is 39.7 Å². The van der Waals surface area contributed by atoms with Gasteiger partial charge in [-0.05, 0) is 37.0 Å². The van der Waals surface area contributed by atoms with Crippen molar-refractivity contribution >= 4 is 11.8 Å². The second kappa shape index (κ2) is 10.8. The zero-order chi connectivity index (χ0) is 18.8. The summed E-state index contributed by atoms with van der Waals surface area (Å²) in [4.78, 5) is 4.69. The van der Waals surface area contributed by atoms with E-state index >= 15 is 0 Å². The normalized spacial score (nSPS) is 20.5. The molecule has 0 N–H and O–H groups in total. The zero-order valence-electron chi connectivity index (χ0n) is 16.4. The van der Waals surface area contributed by atoms with Gasteiger partial charge in [-0.3, -0.25) is 4.99 Å². The summed E-state index contributed by atoms with van der Waals surface area (Å²) in [5.41, 5.74) is 2.37. The Morgan fingerprint density at radius 1 is 1.08 bits per heavy atom. The highest BCUT2D eigenvalue weighted by Crippen LogP contribution is 2.23. The number of rotatable bonds is 9. The van der Waals surface area contributed by atoms with Crippen molar-refractivity contribution in [3.63, 3.8) is 0 Å². The summed E-state index contributed by atoms with van der Waals surface area (Å²) in [6.45, 7) is 3.11. The fraction of sp³-hybridized carbons (Fsp3) is 0.500. The lowest BCUT2D eigenvalue weighted by Crippen LogP contribution is -2.30. The van der Waals surface area contributed by atoms with Gasteiger partial charge >= 0.3 is 0 Å². The fourth-order valence-electron chi connectivity index (χ4n) is 3.08. The molecule has 0 fully saturated rings. The number of nitrogens with zero attached hydrogens (tertiary/aromatic N) is 1. The van der Waals surface area contributed by atoms with Crippen molar-refractivity contribution in [1.82, 2.24) is 0 Å². The first-order valence-corrected chi connectivity index (χ1v) is 9.27. The highest BCUT2D eigenvalue weighted by atomic mass is 16.5. The van der Waals surface area contributed by atoms with E-state index in [0.717, 1.165) is 49.3 Å². The molecule has 0 radical (unpaired) electrons. The van der Waals surface area contributed by atoms with E-state index in [1.165, 1.54) is 5.71 Å². The minimum absolute atomic E-state index is 0.334. The van der Waals surface area contributed by atoms with Crippen LogP contribution in [0, 0.1) is 5.92 Å². The third kappa shape index (κ3) is 6.34. The topological polar surface area (TPSA) is 40.0 Å². The molecule has 0 spiro atoms. The second-order valence-electron chi connectivity index (χ2n) is 6.69. The van der Waals surface area contributed by atoms with Gasteiger partial charge in [-0.1, -0.05) is 31.2 Å².